The van der Waals surface area contributed by atoms with Crippen molar-refractivity contribution in [2.24, 2.45) is 10.9 Å². The maximum atomic E-state index is 13.4. The Balaban J connectivity index is 0.00000289. The number of H-pyrrole nitrogens is 1. The first-order valence-electron chi connectivity index (χ1n) is 11.1. The molecule has 2 N–H and O–H groups in total. The first-order chi connectivity index (χ1) is 15.2. The molecule has 1 fully saturated rings. The summed E-state index contributed by atoms with van der Waals surface area (Å²) in [7, 11) is 0. The number of nitrogens with one attached hydrogen (secondary N) is 2. The molecule has 0 spiro atoms. The number of nitrogens with zero attached hydrogens (tertiary/aromatic N) is 2. The summed E-state index contributed by atoms with van der Waals surface area (Å²) in [6.07, 6.45) is 3.90. The summed E-state index contributed by atoms with van der Waals surface area (Å²) in [6, 6.07) is 15.2. The SMILES string of the molecule is CCNC(=NCCc1c[nH]c2cc(F)ccc12)N1CCC(COCc2ccccc2)C1.I. The van der Waals surface area contributed by atoms with Crippen molar-refractivity contribution in [3.8, 4) is 0 Å². The number of halogens is 2. The van der Waals surface area contributed by atoms with Crippen molar-refractivity contribution < 1.29 is 9.13 Å². The van der Waals surface area contributed by atoms with Gasteiger partial charge in [0.15, 0.2) is 5.96 Å². The number of benzene rings is 2. The van der Waals surface area contributed by atoms with Crippen LogP contribution in [0, 0.1) is 11.7 Å². The van der Waals surface area contributed by atoms with E-state index in [2.05, 4.69) is 34.3 Å². The van der Waals surface area contributed by atoms with Crippen LogP contribution in [0.25, 0.3) is 10.9 Å². The molecule has 2 aromatic carbocycles. The van der Waals surface area contributed by atoms with Gasteiger partial charge in [0.25, 0.3) is 0 Å². The molecule has 1 aromatic heterocycles. The zero-order chi connectivity index (χ0) is 21.5. The normalized spacial score (nSPS) is 16.4. The van der Waals surface area contributed by atoms with Gasteiger partial charge < -0.3 is 19.9 Å². The molecule has 0 amide bonds. The van der Waals surface area contributed by atoms with E-state index >= 15 is 0 Å². The Kier molecular flexibility index (Phi) is 9.35. The zero-order valence-corrected chi connectivity index (χ0v) is 20.8. The third-order valence-electron chi connectivity index (χ3n) is 5.76. The lowest BCUT2D eigenvalue weighted by Gasteiger charge is -2.21. The molecule has 7 heteroatoms. The van der Waals surface area contributed by atoms with E-state index in [9.17, 15) is 4.39 Å². The minimum atomic E-state index is -0.218. The molecule has 1 atom stereocenters. The number of aromatic nitrogens is 1. The van der Waals surface area contributed by atoms with Gasteiger partial charge in [-0.05, 0) is 49.1 Å². The van der Waals surface area contributed by atoms with Crippen molar-refractivity contribution in [1.82, 2.24) is 15.2 Å². The Bertz CT molecular complexity index is 1010. The summed E-state index contributed by atoms with van der Waals surface area (Å²) >= 11 is 0. The molecule has 1 saturated heterocycles. The van der Waals surface area contributed by atoms with Crippen LogP contribution in [0.2, 0.25) is 0 Å². The number of ether oxygens (including phenoxy) is 1. The second kappa shape index (κ2) is 12.2. The van der Waals surface area contributed by atoms with E-state index in [0.717, 1.165) is 55.9 Å². The summed E-state index contributed by atoms with van der Waals surface area (Å²) in [5.41, 5.74) is 3.22. The predicted octanol–water partition coefficient (Wildman–Crippen LogP) is 4.97. The molecule has 0 bridgehead atoms. The van der Waals surface area contributed by atoms with Crippen molar-refractivity contribution in [3.05, 3.63) is 71.7 Å². The number of likely N-dealkylation sites (tertiary alicyclic amines) is 1. The quantitative estimate of drug-likeness (QED) is 0.237. The molecule has 0 aliphatic carbocycles. The van der Waals surface area contributed by atoms with Crippen molar-refractivity contribution in [2.45, 2.75) is 26.4 Å². The van der Waals surface area contributed by atoms with Gasteiger partial charge in [0.2, 0.25) is 0 Å². The Hall–Kier alpha value is -2.13. The second-order valence-electron chi connectivity index (χ2n) is 8.09. The maximum absolute atomic E-state index is 13.4. The average molecular weight is 550 g/mol. The summed E-state index contributed by atoms with van der Waals surface area (Å²) in [4.78, 5) is 10.4. The van der Waals surface area contributed by atoms with Crippen molar-refractivity contribution in [3.63, 3.8) is 0 Å². The fraction of sp³-hybridized carbons (Fsp3) is 0.400. The van der Waals surface area contributed by atoms with Crippen molar-refractivity contribution in [2.75, 3.05) is 32.8 Å². The van der Waals surface area contributed by atoms with Gasteiger partial charge in [-0.15, -0.1) is 24.0 Å². The Morgan fingerprint density at radius 2 is 2.09 bits per heavy atom. The summed E-state index contributed by atoms with van der Waals surface area (Å²) in [5, 5.41) is 4.50. The molecule has 172 valence electrons. The molecule has 0 radical (unpaired) electrons. The highest BCUT2D eigenvalue weighted by Gasteiger charge is 2.25. The number of rotatable bonds is 8. The molecule has 2 heterocycles. The monoisotopic (exact) mass is 550 g/mol. The maximum Gasteiger partial charge on any atom is 0.193 e. The number of hydrogen-bond acceptors (Lipinski definition) is 2. The minimum Gasteiger partial charge on any atom is -0.376 e. The van der Waals surface area contributed by atoms with Crippen LogP contribution in [0.1, 0.15) is 24.5 Å². The molecular formula is C25H32FIN4O. The van der Waals surface area contributed by atoms with Crippen LogP contribution in [0.4, 0.5) is 4.39 Å². The standard InChI is InChI=1S/C25H31FN4O.HI/c1-2-27-25(28-12-10-21-15-29-24-14-22(26)8-9-23(21)24)30-13-11-20(16-30)18-31-17-19-6-4-3-5-7-19;/h3-9,14-15,20,29H,2,10-13,16-18H2,1H3,(H,27,28);1H. The van der Waals surface area contributed by atoms with Crippen LogP contribution < -0.4 is 5.32 Å². The molecule has 4 rings (SSSR count). The highest BCUT2D eigenvalue weighted by molar-refractivity contribution is 14.0. The van der Waals surface area contributed by atoms with Crippen LogP contribution in [0.15, 0.2) is 59.7 Å². The van der Waals surface area contributed by atoms with Crippen LogP contribution in [-0.4, -0.2) is 48.6 Å². The fourth-order valence-electron chi connectivity index (χ4n) is 4.15. The lowest BCUT2D eigenvalue weighted by Crippen LogP contribution is -2.40. The average Bonchev–Trinajstić information content (AvgIpc) is 3.41. The molecule has 3 aromatic rings. The number of aromatic amines is 1. The summed E-state index contributed by atoms with van der Waals surface area (Å²) in [5.74, 6) is 1.28. The topological polar surface area (TPSA) is 52.7 Å². The van der Waals surface area contributed by atoms with E-state index in [1.807, 2.05) is 30.5 Å². The van der Waals surface area contributed by atoms with Crippen LogP contribution in [0.5, 0.6) is 0 Å². The third kappa shape index (κ3) is 6.45. The first-order valence-corrected chi connectivity index (χ1v) is 11.1. The van der Waals surface area contributed by atoms with E-state index in [4.69, 9.17) is 9.73 Å². The van der Waals surface area contributed by atoms with Crippen molar-refractivity contribution in [1.29, 1.82) is 0 Å². The minimum absolute atomic E-state index is 0. The number of hydrogen-bond donors (Lipinski definition) is 2. The van der Waals surface area contributed by atoms with Gasteiger partial charge in [-0.2, -0.15) is 0 Å². The highest BCUT2D eigenvalue weighted by atomic mass is 127. The Morgan fingerprint density at radius 3 is 2.91 bits per heavy atom. The van der Waals surface area contributed by atoms with E-state index in [1.165, 1.54) is 23.3 Å². The number of aliphatic imine (C=N–C) groups is 1. The molecular weight excluding hydrogens is 518 g/mol. The van der Waals surface area contributed by atoms with E-state index in [1.54, 1.807) is 0 Å². The first kappa shape index (κ1) is 24.5. The van der Waals surface area contributed by atoms with Gasteiger partial charge in [0, 0.05) is 49.2 Å². The molecule has 1 unspecified atom stereocenters. The zero-order valence-electron chi connectivity index (χ0n) is 18.5. The molecule has 1 aliphatic rings. The second-order valence-corrected chi connectivity index (χ2v) is 8.09. The molecule has 32 heavy (non-hydrogen) atoms. The van der Waals surface area contributed by atoms with E-state index in [0.29, 0.717) is 19.1 Å². The fourth-order valence-corrected chi connectivity index (χ4v) is 4.15. The summed E-state index contributed by atoms with van der Waals surface area (Å²) < 4.78 is 19.3. The van der Waals surface area contributed by atoms with Crippen LogP contribution in [0.3, 0.4) is 0 Å². The smallest absolute Gasteiger partial charge is 0.193 e. The van der Waals surface area contributed by atoms with Gasteiger partial charge in [-0.25, -0.2) is 4.39 Å². The Labute approximate surface area is 206 Å². The van der Waals surface area contributed by atoms with Gasteiger partial charge in [-0.1, -0.05) is 30.3 Å². The summed E-state index contributed by atoms with van der Waals surface area (Å²) in [6.45, 7) is 7.04. The van der Waals surface area contributed by atoms with Crippen LogP contribution >= 0.6 is 24.0 Å². The lowest BCUT2D eigenvalue weighted by molar-refractivity contribution is 0.0907. The predicted molar refractivity (Wildman–Crippen MR) is 139 cm³/mol. The van der Waals surface area contributed by atoms with Crippen LogP contribution in [-0.2, 0) is 17.8 Å². The Morgan fingerprint density at radius 1 is 1.25 bits per heavy atom. The van der Waals surface area contributed by atoms with Gasteiger partial charge in [0.05, 0.1) is 13.2 Å². The van der Waals surface area contributed by atoms with Crippen molar-refractivity contribution >= 4 is 40.8 Å². The highest BCUT2D eigenvalue weighted by Crippen LogP contribution is 2.20. The molecule has 1 aliphatic heterocycles. The van der Waals surface area contributed by atoms with E-state index in [-0.39, 0.29) is 29.8 Å². The lowest BCUT2D eigenvalue weighted by atomic mass is 10.1. The number of fused-ring (bicyclic) bond motifs is 1. The number of guanidine groups is 1. The molecule has 5 nitrogen and oxygen atoms in total. The van der Waals surface area contributed by atoms with Gasteiger partial charge in [0.1, 0.15) is 5.82 Å². The van der Waals surface area contributed by atoms with Gasteiger partial charge in [-0.3, -0.25) is 4.99 Å². The molecule has 0 saturated carbocycles. The van der Waals surface area contributed by atoms with E-state index < -0.39 is 0 Å². The largest absolute Gasteiger partial charge is 0.376 e. The van der Waals surface area contributed by atoms with Gasteiger partial charge >= 0.3 is 0 Å². The third-order valence-corrected chi connectivity index (χ3v) is 5.76.